The zero-order valence-corrected chi connectivity index (χ0v) is 12.0. The highest BCUT2D eigenvalue weighted by Crippen LogP contribution is 2.22. The minimum atomic E-state index is -0.321. The molecule has 0 saturated heterocycles. The second-order valence-corrected chi connectivity index (χ2v) is 5.00. The van der Waals surface area contributed by atoms with Crippen molar-refractivity contribution in [2.75, 3.05) is 5.32 Å². The third kappa shape index (κ3) is 3.67. The van der Waals surface area contributed by atoms with Crippen molar-refractivity contribution < 1.29 is 4.39 Å². The minimum Gasteiger partial charge on any atom is -0.389 e. The summed E-state index contributed by atoms with van der Waals surface area (Å²) < 4.78 is 13.2. The normalized spacial score (nSPS) is 12.5. The van der Waals surface area contributed by atoms with E-state index < -0.39 is 0 Å². The van der Waals surface area contributed by atoms with E-state index in [1.54, 1.807) is 6.07 Å². The Bertz CT molecular complexity index is 416. The first-order chi connectivity index (χ1) is 8.49. The van der Waals surface area contributed by atoms with E-state index in [1.807, 2.05) is 0 Å². The summed E-state index contributed by atoms with van der Waals surface area (Å²) in [5.41, 5.74) is 7.01. The van der Waals surface area contributed by atoms with Crippen LogP contribution in [0.2, 0.25) is 0 Å². The lowest BCUT2D eigenvalue weighted by atomic mass is 9.95. The maximum absolute atomic E-state index is 13.2. The molecule has 0 aliphatic heterocycles. The average Bonchev–Trinajstić information content (AvgIpc) is 2.32. The van der Waals surface area contributed by atoms with Gasteiger partial charge < -0.3 is 11.1 Å². The van der Waals surface area contributed by atoms with Gasteiger partial charge in [-0.15, -0.1) is 0 Å². The smallest absolute Gasteiger partial charge is 0.124 e. The van der Waals surface area contributed by atoms with Crippen molar-refractivity contribution in [2.45, 2.75) is 39.7 Å². The van der Waals surface area contributed by atoms with Crippen molar-refractivity contribution in [1.29, 1.82) is 0 Å². The fourth-order valence-electron chi connectivity index (χ4n) is 2.21. The Balaban J connectivity index is 2.93. The van der Waals surface area contributed by atoms with Crippen molar-refractivity contribution in [1.82, 2.24) is 0 Å². The number of anilines is 1. The summed E-state index contributed by atoms with van der Waals surface area (Å²) in [5, 5.41) is 3.39. The molecule has 1 atom stereocenters. The molecule has 1 unspecified atom stereocenters. The zero-order valence-electron chi connectivity index (χ0n) is 11.2. The molecule has 2 nitrogen and oxygen atoms in total. The van der Waals surface area contributed by atoms with E-state index >= 15 is 0 Å². The van der Waals surface area contributed by atoms with E-state index in [0.717, 1.165) is 18.5 Å². The van der Waals surface area contributed by atoms with Crippen LogP contribution in [0.5, 0.6) is 0 Å². The Kier molecular flexibility index (Phi) is 5.54. The second kappa shape index (κ2) is 6.69. The summed E-state index contributed by atoms with van der Waals surface area (Å²) in [6, 6.07) is 4.80. The summed E-state index contributed by atoms with van der Waals surface area (Å²) in [7, 11) is 0. The molecule has 1 aromatic rings. The predicted molar refractivity (Wildman–Crippen MR) is 79.4 cm³/mol. The van der Waals surface area contributed by atoms with Gasteiger partial charge in [-0.1, -0.05) is 38.9 Å². The fraction of sp³-hybridized carbons (Fsp3) is 0.500. The van der Waals surface area contributed by atoms with Gasteiger partial charge in [0.2, 0.25) is 0 Å². The summed E-state index contributed by atoms with van der Waals surface area (Å²) in [6.45, 7) is 6.47. The van der Waals surface area contributed by atoms with Crippen LogP contribution in [0.3, 0.4) is 0 Å². The van der Waals surface area contributed by atoms with Gasteiger partial charge >= 0.3 is 0 Å². The third-order valence-corrected chi connectivity index (χ3v) is 3.61. The van der Waals surface area contributed by atoms with Crippen LogP contribution in [0, 0.1) is 11.7 Å². The van der Waals surface area contributed by atoms with Crippen molar-refractivity contribution in [3.63, 3.8) is 0 Å². The predicted octanol–water partition coefficient (Wildman–Crippen LogP) is 3.70. The summed E-state index contributed by atoms with van der Waals surface area (Å²) in [4.78, 5) is 0.216. The van der Waals surface area contributed by atoms with Gasteiger partial charge in [0.05, 0.1) is 0 Å². The van der Waals surface area contributed by atoms with Crippen molar-refractivity contribution >= 4 is 22.9 Å². The van der Waals surface area contributed by atoms with E-state index in [0.29, 0.717) is 17.5 Å². The molecule has 0 aliphatic rings. The molecule has 0 saturated carbocycles. The van der Waals surface area contributed by atoms with Gasteiger partial charge in [-0.2, -0.15) is 0 Å². The monoisotopic (exact) mass is 268 g/mol. The maximum atomic E-state index is 13.2. The molecule has 0 amide bonds. The zero-order chi connectivity index (χ0) is 13.7. The van der Waals surface area contributed by atoms with Crippen molar-refractivity contribution in [3.8, 4) is 0 Å². The first-order valence-electron chi connectivity index (χ1n) is 6.35. The number of hydrogen-bond donors (Lipinski definition) is 2. The highest BCUT2D eigenvalue weighted by molar-refractivity contribution is 7.80. The highest BCUT2D eigenvalue weighted by Gasteiger charge is 2.15. The first-order valence-corrected chi connectivity index (χ1v) is 6.76. The number of halogens is 1. The molecule has 0 radical (unpaired) electrons. The molecule has 4 heteroatoms. The molecule has 0 bridgehead atoms. The van der Waals surface area contributed by atoms with Gasteiger partial charge in [-0.05, 0) is 31.0 Å². The molecule has 0 heterocycles. The lowest BCUT2D eigenvalue weighted by Gasteiger charge is -2.24. The van der Waals surface area contributed by atoms with Gasteiger partial charge in [0, 0.05) is 17.3 Å². The lowest BCUT2D eigenvalue weighted by molar-refractivity contribution is 0.438. The van der Waals surface area contributed by atoms with E-state index in [9.17, 15) is 4.39 Å². The van der Waals surface area contributed by atoms with Crippen LogP contribution in [-0.2, 0) is 0 Å². The Morgan fingerprint density at radius 2 is 2.00 bits per heavy atom. The van der Waals surface area contributed by atoms with Gasteiger partial charge in [-0.25, -0.2) is 4.39 Å². The fourth-order valence-corrected chi connectivity index (χ4v) is 2.37. The topological polar surface area (TPSA) is 38.0 Å². The lowest BCUT2D eigenvalue weighted by Crippen LogP contribution is -2.26. The van der Waals surface area contributed by atoms with Crippen molar-refractivity contribution in [3.05, 3.63) is 29.6 Å². The number of nitrogens with one attached hydrogen (secondary N) is 1. The minimum absolute atomic E-state index is 0.216. The Morgan fingerprint density at radius 1 is 1.39 bits per heavy atom. The molecule has 0 aliphatic carbocycles. The number of hydrogen-bond acceptors (Lipinski definition) is 2. The Hall–Kier alpha value is -1.16. The van der Waals surface area contributed by atoms with Gasteiger partial charge in [0.25, 0.3) is 0 Å². The van der Waals surface area contributed by atoms with E-state index in [4.69, 9.17) is 18.0 Å². The SMILES string of the molecule is CCC(CC)C(C)Nc1ccc(F)cc1C(N)=S. The molecule has 100 valence electrons. The Labute approximate surface area is 114 Å². The second-order valence-electron chi connectivity index (χ2n) is 4.56. The summed E-state index contributed by atoms with van der Waals surface area (Å²) in [6.07, 6.45) is 2.21. The molecule has 1 rings (SSSR count). The van der Waals surface area contributed by atoms with Crippen LogP contribution in [0.4, 0.5) is 10.1 Å². The van der Waals surface area contributed by atoms with E-state index in [1.165, 1.54) is 12.1 Å². The molecule has 0 fully saturated rings. The quantitative estimate of drug-likeness (QED) is 0.773. The molecular weight excluding hydrogens is 247 g/mol. The van der Waals surface area contributed by atoms with Gasteiger partial charge in [0.15, 0.2) is 0 Å². The molecule has 0 aromatic heterocycles. The summed E-state index contributed by atoms with van der Waals surface area (Å²) >= 11 is 4.96. The van der Waals surface area contributed by atoms with Crippen LogP contribution in [-0.4, -0.2) is 11.0 Å². The maximum Gasteiger partial charge on any atom is 0.124 e. The molecule has 0 spiro atoms. The van der Waals surface area contributed by atoms with Gasteiger partial charge in [0.1, 0.15) is 10.8 Å². The number of benzene rings is 1. The first kappa shape index (κ1) is 14.9. The molecule has 3 N–H and O–H groups in total. The number of rotatable bonds is 6. The standard InChI is InChI=1S/C14H21FN2S/c1-4-10(5-2)9(3)17-13-7-6-11(15)8-12(13)14(16)18/h6-10,17H,4-5H2,1-3H3,(H2,16,18). The van der Waals surface area contributed by atoms with Crippen LogP contribution < -0.4 is 11.1 Å². The van der Waals surface area contributed by atoms with E-state index in [-0.39, 0.29) is 10.8 Å². The largest absolute Gasteiger partial charge is 0.389 e. The van der Waals surface area contributed by atoms with Gasteiger partial charge in [-0.3, -0.25) is 0 Å². The molecule has 18 heavy (non-hydrogen) atoms. The van der Waals surface area contributed by atoms with E-state index in [2.05, 4.69) is 26.1 Å². The number of thiocarbonyl (C=S) groups is 1. The van der Waals surface area contributed by atoms with Crippen molar-refractivity contribution in [2.24, 2.45) is 11.7 Å². The number of nitrogens with two attached hydrogens (primary N) is 1. The third-order valence-electron chi connectivity index (χ3n) is 3.39. The van der Waals surface area contributed by atoms with Crippen LogP contribution in [0.25, 0.3) is 0 Å². The van der Waals surface area contributed by atoms with Crippen LogP contribution >= 0.6 is 12.2 Å². The van der Waals surface area contributed by atoms with Crippen LogP contribution in [0.15, 0.2) is 18.2 Å². The highest BCUT2D eigenvalue weighted by atomic mass is 32.1. The average molecular weight is 268 g/mol. The molecular formula is C14H21FN2S. The summed E-state index contributed by atoms with van der Waals surface area (Å²) in [5.74, 6) is 0.257. The Morgan fingerprint density at radius 3 is 2.50 bits per heavy atom. The van der Waals surface area contributed by atoms with Crippen LogP contribution in [0.1, 0.15) is 39.2 Å². The molecule has 1 aromatic carbocycles.